The van der Waals surface area contributed by atoms with Crippen molar-refractivity contribution in [2.24, 2.45) is 17.6 Å². The molecule has 2 nitrogen and oxygen atoms in total. The Morgan fingerprint density at radius 1 is 1.06 bits per heavy atom. The average molecular weight is 242 g/mol. The van der Waals surface area contributed by atoms with Crippen LogP contribution in [-0.2, 0) is 0 Å². The van der Waals surface area contributed by atoms with E-state index >= 15 is 0 Å². The van der Waals surface area contributed by atoms with E-state index in [0.29, 0.717) is 12.0 Å². The molecule has 0 amide bonds. The van der Waals surface area contributed by atoms with Crippen LogP contribution in [0.25, 0.3) is 0 Å². The van der Waals surface area contributed by atoms with Crippen LogP contribution in [0.3, 0.4) is 0 Å². The van der Waals surface area contributed by atoms with E-state index in [1.165, 1.54) is 38.5 Å². The van der Waals surface area contributed by atoms with E-state index in [4.69, 9.17) is 5.73 Å². The fourth-order valence-electron chi connectivity index (χ4n) is 2.34. The lowest BCUT2D eigenvalue weighted by Crippen LogP contribution is -2.29. The fraction of sp³-hybridized carbons (Fsp3) is 1.00. The molecule has 104 valence electrons. The molecule has 0 aromatic heterocycles. The van der Waals surface area contributed by atoms with Crippen LogP contribution in [0, 0.1) is 11.8 Å². The van der Waals surface area contributed by atoms with E-state index < -0.39 is 0 Å². The Hall–Kier alpha value is -0.0800. The topological polar surface area (TPSA) is 38.0 Å². The molecule has 0 spiro atoms. The molecule has 0 saturated carbocycles. The van der Waals surface area contributed by atoms with Gasteiger partial charge in [0.2, 0.25) is 0 Å². The van der Waals surface area contributed by atoms with E-state index in [0.717, 1.165) is 19.0 Å². The first-order valence-corrected chi connectivity index (χ1v) is 7.53. The van der Waals surface area contributed by atoms with E-state index in [2.05, 4.69) is 33.0 Å². The maximum absolute atomic E-state index is 5.81. The molecule has 2 heteroatoms. The van der Waals surface area contributed by atoms with Crippen LogP contribution in [-0.4, -0.2) is 19.1 Å². The molecular weight excluding hydrogens is 208 g/mol. The zero-order valence-corrected chi connectivity index (χ0v) is 12.5. The summed E-state index contributed by atoms with van der Waals surface area (Å²) in [5.74, 6) is 1.47. The minimum atomic E-state index is 0.666. The van der Waals surface area contributed by atoms with Gasteiger partial charge in [-0.15, -0.1) is 0 Å². The highest BCUT2D eigenvalue weighted by molar-refractivity contribution is 4.66. The van der Waals surface area contributed by atoms with Crippen molar-refractivity contribution in [3.8, 4) is 0 Å². The normalized spacial score (nSPS) is 15.2. The molecular formula is C15H34N2. The van der Waals surface area contributed by atoms with Gasteiger partial charge in [0.15, 0.2) is 0 Å². The van der Waals surface area contributed by atoms with Gasteiger partial charge in [0.1, 0.15) is 0 Å². The van der Waals surface area contributed by atoms with Crippen LogP contribution < -0.4 is 11.1 Å². The molecule has 0 saturated heterocycles. The summed E-state index contributed by atoms with van der Waals surface area (Å²) < 4.78 is 0. The Labute approximate surface area is 109 Å². The summed E-state index contributed by atoms with van der Waals surface area (Å²) in [5, 5.41) is 3.62. The molecule has 2 unspecified atom stereocenters. The van der Waals surface area contributed by atoms with Gasteiger partial charge >= 0.3 is 0 Å². The van der Waals surface area contributed by atoms with Crippen molar-refractivity contribution in [3.63, 3.8) is 0 Å². The Morgan fingerprint density at radius 3 is 2.29 bits per heavy atom. The molecule has 17 heavy (non-hydrogen) atoms. The van der Waals surface area contributed by atoms with Gasteiger partial charge in [-0.05, 0) is 51.1 Å². The third-order valence-corrected chi connectivity index (χ3v) is 3.42. The number of nitrogens with one attached hydrogen (secondary N) is 1. The second-order valence-electron chi connectivity index (χ2n) is 5.87. The lowest BCUT2D eigenvalue weighted by Gasteiger charge is -2.19. The molecule has 0 rings (SSSR count). The third kappa shape index (κ3) is 10.8. The van der Waals surface area contributed by atoms with Gasteiger partial charge < -0.3 is 11.1 Å². The molecule has 0 heterocycles. The molecule has 0 aromatic carbocycles. The highest BCUT2D eigenvalue weighted by atomic mass is 14.9. The van der Waals surface area contributed by atoms with Crippen LogP contribution >= 0.6 is 0 Å². The smallest absolute Gasteiger partial charge is 0.00387 e. The van der Waals surface area contributed by atoms with E-state index in [9.17, 15) is 0 Å². The third-order valence-electron chi connectivity index (χ3n) is 3.42. The van der Waals surface area contributed by atoms with Crippen molar-refractivity contribution in [2.75, 3.05) is 13.1 Å². The second-order valence-corrected chi connectivity index (χ2v) is 5.87. The lowest BCUT2D eigenvalue weighted by molar-refractivity contribution is 0.372. The van der Waals surface area contributed by atoms with Gasteiger partial charge in [-0.2, -0.15) is 0 Å². The molecule has 0 radical (unpaired) electrons. The van der Waals surface area contributed by atoms with Gasteiger partial charge in [0.05, 0.1) is 0 Å². The van der Waals surface area contributed by atoms with E-state index in [-0.39, 0.29) is 0 Å². The predicted octanol–water partition coefficient (Wildman–Crippen LogP) is 3.56. The minimum Gasteiger partial charge on any atom is -0.330 e. The molecule has 0 aromatic rings. The van der Waals surface area contributed by atoms with Crippen molar-refractivity contribution >= 4 is 0 Å². The summed E-state index contributed by atoms with van der Waals surface area (Å²) in [6, 6.07) is 0.666. The summed E-state index contributed by atoms with van der Waals surface area (Å²) in [6.07, 6.45) is 7.85. The maximum Gasteiger partial charge on any atom is 0.00387 e. The summed E-state index contributed by atoms with van der Waals surface area (Å²) >= 11 is 0. The predicted molar refractivity (Wildman–Crippen MR) is 78.2 cm³/mol. The van der Waals surface area contributed by atoms with Crippen molar-refractivity contribution in [1.29, 1.82) is 0 Å². The van der Waals surface area contributed by atoms with E-state index in [1.54, 1.807) is 0 Å². The molecule has 0 aliphatic heterocycles. The SMILES string of the molecule is CCCCCC(C)NCCC(CN)CC(C)C. The number of nitrogens with two attached hydrogens (primary N) is 1. The highest BCUT2D eigenvalue weighted by Gasteiger charge is 2.09. The Bertz CT molecular complexity index is 157. The first-order chi connectivity index (χ1) is 8.10. The fourth-order valence-corrected chi connectivity index (χ4v) is 2.34. The van der Waals surface area contributed by atoms with Gasteiger partial charge in [0.25, 0.3) is 0 Å². The quantitative estimate of drug-likeness (QED) is 0.544. The molecule has 0 fully saturated rings. The van der Waals surface area contributed by atoms with Crippen molar-refractivity contribution in [1.82, 2.24) is 5.32 Å². The Kier molecular flexibility index (Phi) is 11.0. The van der Waals surface area contributed by atoms with Crippen molar-refractivity contribution in [2.45, 2.75) is 72.3 Å². The van der Waals surface area contributed by atoms with Crippen molar-refractivity contribution in [3.05, 3.63) is 0 Å². The van der Waals surface area contributed by atoms with Crippen LogP contribution in [0.1, 0.15) is 66.2 Å². The summed E-state index contributed by atoms with van der Waals surface area (Å²) in [5.41, 5.74) is 5.81. The maximum atomic E-state index is 5.81. The Balaban J connectivity index is 3.52. The van der Waals surface area contributed by atoms with Gasteiger partial charge in [0, 0.05) is 6.04 Å². The molecule has 0 aliphatic carbocycles. The Morgan fingerprint density at radius 2 is 1.76 bits per heavy atom. The first kappa shape index (κ1) is 16.9. The summed E-state index contributed by atoms with van der Waals surface area (Å²) in [7, 11) is 0. The average Bonchev–Trinajstić information content (AvgIpc) is 2.27. The minimum absolute atomic E-state index is 0.666. The van der Waals surface area contributed by atoms with Gasteiger partial charge in [-0.3, -0.25) is 0 Å². The molecule has 3 N–H and O–H groups in total. The van der Waals surface area contributed by atoms with Gasteiger partial charge in [-0.1, -0.05) is 40.0 Å². The number of rotatable bonds is 11. The van der Waals surface area contributed by atoms with Gasteiger partial charge in [-0.25, -0.2) is 0 Å². The first-order valence-electron chi connectivity index (χ1n) is 7.53. The zero-order chi connectivity index (χ0) is 13.1. The van der Waals surface area contributed by atoms with E-state index in [1.807, 2.05) is 0 Å². The molecule has 0 bridgehead atoms. The standard InChI is InChI=1S/C15H34N2/c1-5-6-7-8-14(4)17-10-9-15(12-16)11-13(2)3/h13-15,17H,5-12,16H2,1-4H3. The largest absolute Gasteiger partial charge is 0.330 e. The zero-order valence-electron chi connectivity index (χ0n) is 12.5. The number of unbranched alkanes of at least 4 members (excludes halogenated alkanes) is 2. The number of hydrogen-bond acceptors (Lipinski definition) is 2. The van der Waals surface area contributed by atoms with Crippen molar-refractivity contribution < 1.29 is 0 Å². The highest BCUT2D eigenvalue weighted by Crippen LogP contribution is 2.13. The molecule has 0 aliphatic rings. The van der Waals surface area contributed by atoms with Crippen LogP contribution in [0.5, 0.6) is 0 Å². The second kappa shape index (κ2) is 11.0. The lowest BCUT2D eigenvalue weighted by atomic mass is 9.94. The molecule has 2 atom stereocenters. The van der Waals surface area contributed by atoms with Crippen LogP contribution in [0.4, 0.5) is 0 Å². The number of hydrogen-bond donors (Lipinski definition) is 2. The monoisotopic (exact) mass is 242 g/mol. The summed E-state index contributed by atoms with van der Waals surface area (Å²) in [4.78, 5) is 0. The van der Waals surface area contributed by atoms with Crippen LogP contribution in [0.2, 0.25) is 0 Å². The van der Waals surface area contributed by atoms with Crippen LogP contribution in [0.15, 0.2) is 0 Å². The summed E-state index contributed by atoms with van der Waals surface area (Å²) in [6.45, 7) is 11.1.